The molecule has 0 aromatic carbocycles. The Morgan fingerprint density at radius 2 is 2.44 bits per heavy atom. The first kappa shape index (κ1) is 7.12. The molecular formula is C5H6BrClN2. The highest BCUT2D eigenvalue weighted by Crippen LogP contribution is 2.16. The fourth-order valence-electron chi connectivity index (χ4n) is 0.512. The standard InChI is InChI=1S/C5H6BrClN2/c6-3-1-4(7)5(8)9-2-3/h1-2,5,9H,8H2. The van der Waals surface area contributed by atoms with Crippen molar-refractivity contribution < 1.29 is 0 Å². The fraction of sp³-hybridized carbons (Fsp3) is 0.200. The zero-order valence-corrected chi connectivity index (χ0v) is 6.91. The number of dihydropyridines is 1. The van der Waals surface area contributed by atoms with Gasteiger partial charge >= 0.3 is 0 Å². The molecule has 9 heavy (non-hydrogen) atoms. The summed E-state index contributed by atoms with van der Waals surface area (Å²) in [5.41, 5.74) is 5.46. The van der Waals surface area contributed by atoms with Crippen molar-refractivity contribution in [1.82, 2.24) is 5.32 Å². The van der Waals surface area contributed by atoms with Gasteiger partial charge in [-0.25, -0.2) is 0 Å². The SMILES string of the molecule is NC1NC=C(Br)C=C1Cl. The molecule has 0 aliphatic carbocycles. The highest BCUT2D eigenvalue weighted by atomic mass is 79.9. The minimum absolute atomic E-state index is 0.243. The van der Waals surface area contributed by atoms with Gasteiger partial charge in [-0.05, 0) is 22.0 Å². The largest absolute Gasteiger partial charge is 0.371 e. The van der Waals surface area contributed by atoms with Gasteiger partial charge in [-0.15, -0.1) is 0 Å². The Balaban J connectivity index is 2.74. The molecule has 0 fully saturated rings. The van der Waals surface area contributed by atoms with E-state index in [1.807, 2.05) is 0 Å². The van der Waals surface area contributed by atoms with Crippen molar-refractivity contribution in [2.24, 2.45) is 5.73 Å². The van der Waals surface area contributed by atoms with E-state index in [1.165, 1.54) is 0 Å². The zero-order chi connectivity index (χ0) is 6.85. The van der Waals surface area contributed by atoms with Crippen LogP contribution in [0.15, 0.2) is 21.8 Å². The van der Waals surface area contributed by atoms with Gasteiger partial charge in [0.05, 0.1) is 5.03 Å². The number of rotatable bonds is 0. The average molecular weight is 209 g/mol. The highest BCUT2D eigenvalue weighted by Gasteiger charge is 2.08. The Morgan fingerprint density at radius 1 is 1.78 bits per heavy atom. The minimum Gasteiger partial charge on any atom is -0.371 e. The molecule has 0 amide bonds. The molecule has 0 saturated carbocycles. The van der Waals surface area contributed by atoms with E-state index in [9.17, 15) is 0 Å². The van der Waals surface area contributed by atoms with Crippen LogP contribution in [0.4, 0.5) is 0 Å². The average Bonchev–Trinajstić information content (AvgIpc) is 1.80. The molecule has 1 rings (SSSR count). The van der Waals surface area contributed by atoms with E-state index in [4.69, 9.17) is 17.3 Å². The molecule has 0 bridgehead atoms. The van der Waals surface area contributed by atoms with Crippen molar-refractivity contribution in [3.8, 4) is 0 Å². The zero-order valence-electron chi connectivity index (χ0n) is 4.57. The number of nitrogens with one attached hydrogen (secondary N) is 1. The maximum absolute atomic E-state index is 5.66. The molecule has 0 radical (unpaired) electrons. The lowest BCUT2D eigenvalue weighted by atomic mass is 10.3. The molecule has 1 aliphatic heterocycles. The van der Waals surface area contributed by atoms with E-state index >= 15 is 0 Å². The summed E-state index contributed by atoms with van der Waals surface area (Å²) in [6.45, 7) is 0. The highest BCUT2D eigenvalue weighted by molar-refractivity contribution is 9.11. The number of nitrogens with two attached hydrogens (primary N) is 1. The predicted molar refractivity (Wildman–Crippen MR) is 42.1 cm³/mol. The first-order valence-corrected chi connectivity index (χ1v) is 3.61. The first-order chi connectivity index (χ1) is 4.20. The van der Waals surface area contributed by atoms with Crippen LogP contribution in [0.25, 0.3) is 0 Å². The normalized spacial score (nSPS) is 26.3. The van der Waals surface area contributed by atoms with Crippen LogP contribution < -0.4 is 11.1 Å². The maximum Gasteiger partial charge on any atom is 0.111 e. The molecule has 0 saturated heterocycles. The van der Waals surface area contributed by atoms with Gasteiger partial charge in [0.1, 0.15) is 6.17 Å². The van der Waals surface area contributed by atoms with E-state index in [-0.39, 0.29) is 6.17 Å². The Kier molecular flexibility index (Phi) is 2.16. The summed E-state index contributed by atoms with van der Waals surface area (Å²) in [4.78, 5) is 0. The van der Waals surface area contributed by atoms with Crippen molar-refractivity contribution in [1.29, 1.82) is 0 Å². The van der Waals surface area contributed by atoms with Crippen LogP contribution in [0, 0.1) is 0 Å². The van der Waals surface area contributed by atoms with Crippen LogP contribution in [0.2, 0.25) is 0 Å². The summed E-state index contributed by atoms with van der Waals surface area (Å²) >= 11 is 8.90. The van der Waals surface area contributed by atoms with Gasteiger partial charge in [-0.2, -0.15) is 0 Å². The summed E-state index contributed by atoms with van der Waals surface area (Å²) in [6.07, 6.45) is 3.28. The predicted octanol–water partition coefficient (Wildman–Crippen LogP) is 1.23. The lowest BCUT2D eigenvalue weighted by Gasteiger charge is -2.14. The van der Waals surface area contributed by atoms with Crippen molar-refractivity contribution in [2.45, 2.75) is 6.17 Å². The second-order valence-electron chi connectivity index (χ2n) is 1.70. The lowest BCUT2D eigenvalue weighted by Crippen LogP contribution is -2.35. The summed E-state index contributed by atoms with van der Waals surface area (Å²) in [5.74, 6) is 0. The van der Waals surface area contributed by atoms with Crippen LogP contribution >= 0.6 is 27.5 Å². The van der Waals surface area contributed by atoms with Crippen LogP contribution in [0.3, 0.4) is 0 Å². The van der Waals surface area contributed by atoms with Crippen LogP contribution in [0.5, 0.6) is 0 Å². The Hall–Kier alpha value is 0.01000. The van der Waals surface area contributed by atoms with E-state index < -0.39 is 0 Å². The second kappa shape index (κ2) is 2.73. The summed E-state index contributed by atoms with van der Waals surface area (Å²) in [6, 6.07) is 0. The molecule has 1 atom stereocenters. The molecule has 1 aliphatic rings. The van der Waals surface area contributed by atoms with E-state index in [0.29, 0.717) is 5.03 Å². The number of allylic oxidation sites excluding steroid dienone is 2. The molecule has 0 aromatic heterocycles. The van der Waals surface area contributed by atoms with Crippen LogP contribution in [0.1, 0.15) is 0 Å². The van der Waals surface area contributed by atoms with Crippen molar-refractivity contribution in [3.63, 3.8) is 0 Å². The van der Waals surface area contributed by atoms with Crippen molar-refractivity contribution in [3.05, 3.63) is 21.8 Å². The van der Waals surface area contributed by atoms with Gasteiger partial charge in [0.25, 0.3) is 0 Å². The summed E-state index contributed by atoms with van der Waals surface area (Å²) in [5, 5.41) is 3.47. The van der Waals surface area contributed by atoms with Crippen molar-refractivity contribution >= 4 is 27.5 Å². The van der Waals surface area contributed by atoms with Gasteiger partial charge in [-0.1, -0.05) is 11.6 Å². The van der Waals surface area contributed by atoms with Gasteiger partial charge in [0, 0.05) is 10.7 Å². The van der Waals surface area contributed by atoms with E-state index in [0.717, 1.165) is 4.48 Å². The molecule has 0 aromatic rings. The summed E-state index contributed by atoms with van der Waals surface area (Å²) < 4.78 is 0.911. The molecule has 2 nitrogen and oxygen atoms in total. The number of halogens is 2. The topological polar surface area (TPSA) is 38.0 Å². The molecule has 50 valence electrons. The number of hydrogen-bond acceptors (Lipinski definition) is 2. The third-order valence-electron chi connectivity index (χ3n) is 0.974. The molecule has 4 heteroatoms. The third-order valence-corrected chi connectivity index (χ3v) is 1.78. The van der Waals surface area contributed by atoms with E-state index in [2.05, 4.69) is 21.2 Å². The smallest absolute Gasteiger partial charge is 0.111 e. The maximum atomic E-state index is 5.66. The van der Waals surface area contributed by atoms with Crippen LogP contribution in [-0.4, -0.2) is 6.17 Å². The van der Waals surface area contributed by atoms with Crippen molar-refractivity contribution in [2.75, 3.05) is 0 Å². The first-order valence-electron chi connectivity index (χ1n) is 2.44. The molecule has 1 heterocycles. The molecule has 1 unspecified atom stereocenters. The number of hydrogen-bond donors (Lipinski definition) is 2. The van der Waals surface area contributed by atoms with Gasteiger partial charge in [0.15, 0.2) is 0 Å². The van der Waals surface area contributed by atoms with Gasteiger partial charge in [-0.3, -0.25) is 0 Å². The van der Waals surface area contributed by atoms with E-state index in [1.54, 1.807) is 12.3 Å². The molecule has 3 N–H and O–H groups in total. The third kappa shape index (κ3) is 1.71. The van der Waals surface area contributed by atoms with Gasteiger partial charge in [0.2, 0.25) is 0 Å². The van der Waals surface area contributed by atoms with Gasteiger partial charge < -0.3 is 11.1 Å². The Labute approximate surface area is 66.9 Å². The molecular weight excluding hydrogens is 203 g/mol. The quantitative estimate of drug-likeness (QED) is 0.630. The monoisotopic (exact) mass is 208 g/mol. The summed E-state index contributed by atoms with van der Waals surface area (Å²) in [7, 11) is 0. The minimum atomic E-state index is -0.243. The Morgan fingerprint density at radius 3 is 2.89 bits per heavy atom. The molecule has 0 spiro atoms. The second-order valence-corrected chi connectivity index (χ2v) is 3.05. The Bertz CT molecular complexity index is 176. The lowest BCUT2D eigenvalue weighted by molar-refractivity contribution is 0.714. The fourth-order valence-corrected chi connectivity index (χ4v) is 1.20. The van der Waals surface area contributed by atoms with Crippen LogP contribution in [-0.2, 0) is 0 Å².